The first-order valence-corrected chi connectivity index (χ1v) is 8.98. The fourth-order valence-electron chi connectivity index (χ4n) is 1.62. The number of carboxylic acids is 2. The summed E-state index contributed by atoms with van der Waals surface area (Å²) in [5.41, 5.74) is 0. The summed E-state index contributed by atoms with van der Waals surface area (Å²) in [5.74, 6) is -2.62. The number of carboxylic acid groups (broad SMARTS) is 2. The first-order valence-electron chi connectivity index (χ1n) is 8.98. The third-order valence-electron chi connectivity index (χ3n) is 3.01. The zero-order chi connectivity index (χ0) is 18.3. The van der Waals surface area contributed by atoms with Gasteiger partial charge in [0.1, 0.15) is 6.42 Å². The Bertz CT molecular complexity index is 222. The molecule has 0 aromatic rings. The molecule has 0 aliphatic rings. The van der Waals surface area contributed by atoms with Gasteiger partial charge in [0.15, 0.2) is 0 Å². The van der Waals surface area contributed by atoms with Crippen LogP contribution in [0.4, 0.5) is 0 Å². The number of hydrogen-bond acceptors (Lipinski definition) is 2. The number of unbranched alkanes of at least 4 members (excludes halogenated alkanes) is 10. The molecule has 2 N–H and O–H groups in total. The van der Waals surface area contributed by atoms with Crippen molar-refractivity contribution in [3.8, 4) is 0 Å². The first kappa shape index (κ1) is 31.9. The molecule has 0 heterocycles. The van der Waals surface area contributed by atoms with Crippen molar-refractivity contribution >= 4 is 49.7 Å². The van der Waals surface area contributed by atoms with Crippen molar-refractivity contribution in [3.63, 3.8) is 0 Å². The van der Waals surface area contributed by atoms with Crippen LogP contribution in [-0.2, 0) is 9.59 Å². The van der Waals surface area contributed by atoms with Gasteiger partial charge >= 0.3 is 49.7 Å². The molecule has 0 aliphatic carbocycles. The van der Waals surface area contributed by atoms with Gasteiger partial charge in [0.2, 0.25) is 0 Å². The summed E-state index contributed by atoms with van der Waals surface area (Å²) in [6, 6.07) is 0. The Morgan fingerprint density at radius 3 is 1.21 bits per heavy atom. The summed E-state index contributed by atoms with van der Waals surface area (Å²) in [4.78, 5) is 18.9. The SMILES string of the molecule is O=C(O)CC(=O)O.[CH2-]CCC.[CH2-]CCCCCCCCCCC.[Ca+2]. The molecule has 0 atom stereocenters. The second-order valence-corrected chi connectivity index (χ2v) is 5.50. The van der Waals surface area contributed by atoms with Crippen LogP contribution in [0.25, 0.3) is 0 Å². The van der Waals surface area contributed by atoms with Crippen molar-refractivity contribution in [2.75, 3.05) is 0 Å². The Morgan fingerprint density at radius 1 is 0.667 bits per heavy atom. The summed E-state index contributed by atoms with van der Waals surface area (Å²) < 4.78 is 0. The number of hydrogen-bond donors (Lipinski definition) is 2. The normalized spacial score (nSPS) is 8.83. The Hall–Kier alpha value is 0.200. The summed E-state index contributed by atoms with van der Waals surface area (Å²) in [6.07, 6.45) is 15.4. The average Bonchev–Trinajstić information content (AvgIpc) is 2.49. The van der Waals surface area contributed by atoms with Crippen LogP contribution in [0.5, 0.6) is 0 Å². The third-order valence-corrected chi connectivity index (χ3v) is 3.01. The first-order chi connectivity index (χ1) is 11.0. The molecule has 0 unspecified atom stereocenters. The Labute approximate surface area is 179 Å². The van der Waals surface area contributed by atoms with Crippen molar-refractivity contribution in [3.05, 3.63) is 13.8 Å². The minimum absolute atomic E-state index is 0. The molecule has 0 radical (unpaired) electrons. The second kappa shape index (κ2) is 31.0. The Kier molecular flexibility index (Phi) is 41.3. The standard InChI is InChI=1S/C12H25.C4H9.C3H4O4.Ca/c1-3-5-7-9-11-12-10-8-6-4-2;1-3-4-2;4-2(5)1-3(6)7;/h1,3-12H2,2H3;1,3-4H2,2H3;1H2,(H,4,5)(H,6,7);/q2*-1;;+2. The van der Waals surface area contributed by atoms with E-state index in [0.29, 0.717) is 0 Å². The summed E-state index contributed by atoms with van der Waals surface area (Å²) in [5, 5.41) is 15.4. The maximum absolute atomic E-state index is 9.43. The van der Waals surface area contributed by atoms with Gasteiger partial charge in [-0.25, -0.2) is 0 Å². The van der Waals surface area contributed by atoms with Crippen molar-refractivity contribution in [2.24, 2.45) is 0 Å². The largest absolute Gasteiger partial charge is 2.00 e. The molecule has 0 aliphatic heterocycles. The molecule has 140 valence electrons. The monoisotopic (exact) mass is 370 g/mol. The van der Waals surface area contributed by atoms with E-state index >= 15 is 0 Å². The van der Waals surface area contributed by atoms with E-state index in [1.807, 2.05) is 0 Å². The van der Waals surface area contributed by atoms with E-state index in [-0.39, 0.29) is 37.7 Å². The number of carbonyl (C=O) groups is 2. The molecular formula is C19H38CaO4. The minimum Gasteiger partial charge on any atom is -0.481 e. The molecular weight excluding hydrogens is 332 g/mol. The second-order valence-electron chi connectivity index (χ2n) is 5.50. The minimum atomic E-state index is -1.31. The fraction of sp³-hybridized carbons (Fsp3) is 0.789. The molecule has 0 spiro atoms. The molecule has 0 fully saturated rings. The van der Waals surface area contributed by atoms with Gasteiger partial charge in [-0.1, -0.05) is 78.1 Å². The molecule has 0 aromatic carbocycles. The van der Waals surface area contributed by atoms with Crippen LogP contribution >= 0.6 is 0 Å². The predicted molar refractivity (Wildman–Crippen MR) is 103 cm³/mol. The quantitative estimate of drug-likeness (QED) is 0.205. The third kappa shape index (κ3) is 49.5. The Balaban J connectivity index is -0.000000142. The maximum atomic E-state index is 9.43. The summed E-state index contributed by atoms with van der Waals surface area (Å²) in [7, 11) is 0. The molecule has 24 heavy (non-hydrogen) atoms. The molecule has 4 nitrogen and oxygen atoms in total. The van der Waals surface area contributed by atoms with Gasteiger partial charge in [0, 0.05) is 0 Å². The molecule has 5 heteroatoms. The van der Waals surface area contributed by atoms with Crippen molar-refractivity contribution in [1.29, 1.82) is 0 Å². The van der Waals surface area contributed by atoms with Gasteiger partial charge in [0.05, 0.1) is 0 Å². The summed E-state index contributed by atoms with van der Waals surface area (Å²) in [6.45, 7) is 11.8. The smallest absolute Gasteiger partial charge is 0.481 e. The molecule has 0 saturated heterocycles. The van der Waals surface area contributed by atoms with Gasteiger partial charge in [0.25, 0.3) is 0 Å². The Morgan fingerprint density at radius 2 is 1.00 bits per heavy atom. The van der Waals surface area contributed by atoms with Gasteiger partial charge in [-0.15, -0.1) is 0 Å². The van der Waals surface area contributed by atoms with Crippen LogP contribution in [0.2, 0.25) is 0 Å². The number of rotatable bonds is 12. The zero-order valence-corrected chi connectivity index (χ0v) is 18.2. The van der Waals surface area contributed by atoms with Crippen LogP contribution in [-0.4, -0.2) is 59.9 Å². The van der Waals surface area contributed by atoms with Gasteiger partial charge in [-0.2, -0.15) is 12.8 Å². The van der Waals surface area contributed by atoms with E-state index < -0.39 is 18.4 Å². The summed E-state index contributed by atoms with van der Waals surface area (Å²) >= 11 is 0. The van der Waals surface area contributed by atoms with Gasteiger partial charge in [-0.3, -0.25) is 9.59 Å². The molecule has 0 amide bonds. The molecule has 0 saturated carbocycles. The fourth-order valence-corrected chi connectivity index (χ4v) is 1.62. The van der Waals surface area contributed by atoms with E-state index in [9.17, 15) is 9.59 Å². The van der Waals surface area contributed by atoms with Crippen LogP contribution in [0.1, 0.15) is 97.3 Å². The van der Waals surface area contributed by atoms with Crippen molar-refractivity contribution < 1.29 is 19.8 Å². The van der Waals surface area contributed by atoms with Gasteiger partial charge in [-0.05, 0) is 0 Å². The molecule has 0 rings (SSSR count). The van der Waals surface area contributed by atoms with Crippen LogP contribution < -0.4 is 0 Å². The van der Waals surface area contributed by atoms with E-state index in [1.165, 1.54) is 64.2 Å². The van der Waals surface area contributed by atoms with Crippen molar-refractivity contribution in [1.82, 2.24) is 0 Å². The zero-order valence-electron chi connectivity index (χ0n) is 16.0. The van der Waals surface area contributed by atoms with E-state index in [4.69, 9.17) is 10.2 Å². The van der Waals surface area contributed by atoms with Crippen LogP contribution in [0.15, 0.2) is 0 Å². The average molecular weight is 371 g/mol. The van der Waals surface area contributed by atoms with E-state index in [2.05, 4.69) is 27.7 Å². The molecule has 0 bridgehead atoms. The van der Waals surface area contributed by atoms with Gasteiger partial charge < -0.3 is 24.1 Å². The topological polar surface area (TPSA) is 74.6 Å². The van der Waals surface area contributed by atoms with Crippen LogP contribution in [0.3, 0.4) is 0 Å². The van der Waals surface area contributed by atoms with Crippen LogP contribution in [0, 0.1) is 13.8 Å². The number of aliphatic carboxylic acids is 2. The van der Waals surface area contributed by atoms with E-state index in [1.54, 1.807) is 0 Å². The van der Waals surface area contributed by atoms with Crippen molar-refractivity contribution in [2.45, 2.75) is 97.3 Å². The predicted octanol–water partition coefficient (Wildman–Crippen LogP) is 5.53. The maximum Gasteiger partial charge on any atom is 2.00 e. The van der Waals surface area contributed by atoms with E-state index in [0.717, 1.165) is 12.8 Å². The molecule has 0 aromatic heterocycles.